The van der Waals surface area contributed by atoms with Crippen molar-refractivity contribution in [3.63, 3.8) is 0 Å². The van der Waals surface area contributed by atoms with Gasteiger partial charge in [-0.05, 0) is 44.0 Å². The summed E-state index contributed by atoms with van der Waals surface area (Å²) in [6, 6.07) is 12.2. The molecule has 0 aromatic heterocycles. The van der Waals surface area contributed by atoms with Crippen LogP contribution in [-0.2, 0) is 19.6 Å². The number of sulfonamides is 1. The number of carbonyl (C=O) groups excluding carboxylic acids is 3. The number of Topliss-reactive ketones (excluding diaryl/α,β-unsaturated/α-hetero) is 2. The average Bonchev–Trinajstić information content (AvgIpc) is 2.83. The Balaban J connectivity index is 1.78. The van der Waals surface area contributed by atoms with Gasteiger partial charge in [0.15, 0.2) is 0 Å². The fraction of sp³-hybridized carbons (Fsp3) is 0.292. The molecule has 0 saturated carbocycles. The van der Waals surface area contributed by atoms with Gasteiger partial charge < -0.3 is 9.64 Å². The second-order valence-corrected chi connectivity index (χ2v) is 10.6. The molecule has 0 amide bonds. The van der Waals surface area contributed by atoms with E-state index in [0.29, 0.717) is 23.9 Å². The number of ketones is 2. The van der Waals surface area contributed by atoms with Gasteiger partial charge in [-0.1, -0.05) is 40.2 Å². The first kappa shape index (κ1) is 24.2. The molecule has 1 aliphatic heterocycles. The molecule has 178 valence electrons. The third kappa shape index (κ3) is 4.65. The van der Waals surface area contributed by atoms with Crippen LogP contribution in [0.5, 0.6) is 0 Å². The maximum Gasteiger partial charge on any atom is 0.310 e. The topological polar surface area (TPSA) is 110 Å². The number of rotatable bonds is 6. The molecular weight excluding hydrogens is 524 g/mol. The van der Waals surface area contributed by atoms with Crippen LogP contribution < -0.4 is 4.72 Å². The van der Waals surface area contributed by atoms with Crippen molar-refractivity contribution in [2.24, 2.45) is 5.92 Å². The van der Waals surface area contributed by atoms with E-state index in [1.807, 2.05) is 0 Å². The number of halogens is 1. The zero-order valence-corrected chi connectivity index (χ0v) is 20.8. The molecule has 2 aromatic carbocycles. The summed E-state index contributed by atoms with van der Waals surface area (Å²) < 4.78 is 34.5. The molecule has 0 radical (unpaired) electrons. The van der Waals surface area contributed by atoms with E-state index in [2.05, 4.69) is 20.7 Å². The van der Waals surface area contributed by atoms with Gasteiger partial charge in [-0.25, -0.2) is 8.42 Å². The number of ether oxygens (including phenoxy) is 1. The molecule has 0 bridgehead atoms. The predicted octanol–water partition coefficient (Wildman–Crippen LogP) is 3.29. The molecule has 1 atom stereocenters. The summed E-state index contributed by atoms with van der Waals surface area (Å²) in [6.07, 6.45) is 1.17. The second-order valence-electron chi connectivity index (χ2n) is 8.02. The average molecular weight is 547 g/mol. The Morgan fingerprint density at radius 3 is 2.38 bits per heavy atom. The quantitative estimate of drug-likeness (QED) is 0.553. The van der Waals surface area contributed by atoms with Crippen molar-refractivity contribution in [2.75, 3.05) is 19.7 Å². The molecule has 8 nitrogen and oxygen atoms in total. The highest BCUT2D eigenvalue weighted by Gasteiger charge is 2.39. The van der Waals surface area contributed by atoms with Gasteiger partial charge in [0.2, 0.25) is 11.6 Å². The van der Waals surface area contributed by atoms with Crippen molar-refractivity contribution in [2.45, 2.75) is 24.7 Å². The normalized spacial score (nSPS) is 18.5. The van der Waals surface area contributed by atoms with E-state index in [4.69, 9.17) is 4.74 Å². The standard InChI is InChI=1S/C24H23BrN2O6S/c1-2-33-24(30)15-6-5-13-27(14-15)21-20(22(28)18-7-3-4-8-19(18)23(21)29)26-34(31,32)17-11-9-16(25)10-12-17/h3-4,7-12,15,26H,2,5-6,13-14H2,1H3/t15-/m1/s1. The molecule has 1 N–H and O–H groups in total. The summed E-state index contributed by atoms with van der Waals surface area (Å²) in [5, 5.41) is 0. The highest BCUT2D eigenvalue weighted by molar-refractivity contribution is 9.10. The first-order valence-electron chi connectivity index (χ1n) is 10.9. The van der Waals surface area contributed by atoms with Crippen molar-refractivity contribution < 1.29 is 27.5 Å². The minimum absolute atomic E-state index is 0.0432. The molecule has 1 fully saturated rings. The highest BCUT2D eigenvalue weighted by Crippen LogP contribution is 2.31. The van der Waals surface area contributed by atoms with Crippen molar-refractivity contribution in [1.82, 2.24) is 9.62 Å². The number of allylic oxidation sites excluding steroid dienone is 2. The van der Waals surface area contributed by atoms with Crippen molar-refractivity contribution in [3.05, 3.63) is 75.5 Å². The summed E-state index contributed by atoms with van der Waals surface area (Å²) in [6.45, 7) is 2.51. The van der Waals surface area contributed by atoms with Gasteiger partial charge in [0, 0.05) is 28.7 Å². The van der Waals surface area contributed by atoms with Crippen LogP contribution in [0.25, 0.3) is 0 Å². The van der Waals surface area contributed by atoms with E-state index in [-0.39, 0.29) is 46.5 Å². The van der Waals surface area contributed by atoms with Gasteiger partial charge in [0.05, 0.1) is 17.4 Å². The lowest BCUT2D eigenvalue weighted by molar-refractivity contribution is -0.149. The van der Waals surface area contributed by atoms with Crippen LogP contribution in [0.1, 0.15) is 40.5 Å². The summed E-state index contributed by atoms with van der Waals surface area (Å²) in [5.74, 6) is -1.91. The van der Waals surface area contributed by atoms with Crippen LogP contribution in [-0.4, -0.2) is 50.5 Å². The third-order valence-electron chi connectivity index (χ3n) is 5.81. The number of nitrogens with zero attached hydrogens (tertiary/aromatic N) is 1. The molecule has 2 aliphatic rings. The summed E-state index contributed by atoms with van der Waals surface area (Å²) in [7, 11) is -4.17. The molecule has 1 saturated heterocycles. The zero-order valence-electron chi connectivity index (χ0n) is 18.4. The Morgan fingerprint density at radius 2 is 1.74 bits per heavy atom. The van der Waals surface area contributed by atoms with Gasteiger partial charge in [-0.3, -0.25) is 19.1 Å². The first-order chi connectivity index (χ1) is 16.2. The van der Waals surface area contributed by atoms with Gasteiger partial charge >= 0.3 is 5.97 Å². The summed E-state index contributed by atoms with van der Waals surface area (Å²) in [4.78, 5) is 40.9. The molecular formula is C24H23BrN2O6S. The van der Waals surface area contributed by atoms with Crippen molar-refractivity contribution >= 4 is 43.5 Å². The maximum atomic E-state index is 13.5. The fourth-order valence-electron chi connectivity index (χ4n) is 4.20. The molecule has 4 rings (SSSR count). The van der Waals surface area contributed by atoms with Crippen molar-refractivity contribution in [3.8, 4) is 0 Å². The monoisotopic (exact) mass is 546 g/mol. The lowest BCUT2D eigenvalue weighted by atomic mass is 9.88. The minimum Gasteiger partial charge on any atom is -0.466 e. The number of carbonyl (C=O) groups is 3. The van der Waals surface area contributed by atoms with E-state index in [9.17, 15) is 22.8 Å². The SMILES string of the molecule is CCOC(=O)[C@@H]1CCCN(C2=C(NS(=O)(=O)c3ccc(Br)cc3)C(=O)c3ccccc3C2=O)C1. The predicted molar refractivity (Wildman–Crippen MR) is 128 cm³/mol. The highest BCUT2D eigenvalue weighted by atomic mass is 79.9. The lowest BCUT2D eigenvalue weighted by Gasteiger charge is -2.36. The molecule has 0 unspecified atom stereocenters. The number of nitrogens with one attached hydrogen (secondary N) is 1. The Kier molecular flexibility index (Phi) is 6.90. The van der Waals surface area contributed by atoms with Crippen LogP contribution in [0.4, 0.5) is 0 Å². The van der Waals surface area contributed by atoms with E-state index < -0.39 is 27.5 Å². The van der Waals surface area contributed by atoms with E-state index in [0.717, 1.165) is 0 Å². The molecule has 1 aliphatic carbocycles. The first-order valence-corrected chi connectivity index (χ1v) is 13.1. The number of benzene rings is 2. The maximum absolute atomic E-state index is 13.5. The van der Waals surface area contributed by atoms with Gasteiger partial charge in [0.1, 0.15) is 11.4 Å². The van der Waals surface area contributed by atoms with Gasteiger partial charge in [-0.15, -0.1) is 0 Å². The fourth-order valence-corrected chi connectivity index (χ4v) is 5.53. The van der Waals surface area contributed by atoms with Crippen LogP contribution in [0.2, 0.25) is 0 Å². The largest absolute Gasteiger partial charge is 0.466 e. The molecule has 2 aromatic rings. The minimum atomic E-state index is -4.17. The molecule has 10 heteroatoms. The van der Waals surface area contributed by atoms with E-state index in [1.54, 1.807) is 42.2 Å². The lowest BCUT2D eigenvalue weighted by Crippen LogP contribution is -2.45. The Morgan fingerprint density at radius 1 is 1.09 bits per heavy atom. The van der Waals surface area contributed by atoms with E-state index in [1.165, 1.54) is 18.2 Å². The van der Waals surface area contributed by atoms with Crippen LogP contribution in [0, 0.1) is 5.92 Å². The van der Waals surface area contributed by atoms with Crippen LogP contribution in [0.15, 0.2) is 69.3 Å². The smallest absolute Gasteiger partial charge is 0.310 e. The van der Waals surface area contributed by atoms with Crippen molar-refractivity contribution in [1.29, 1.82) is 0 Å². The number of likely N-dealkylation sites (tertiary alicyclic amines) is 1. The Hall–Kier alpha value is -2.98. The zero-order chi connectivity index (χ0) is 24.5. The number of piperidine rings is 1. The van der Waals surface area contributed by atoms with Crippen LogP contribution in [0.3, 0.4) is 0 Å². The van der Waals surface area contributed by atoms with Gasteiger partial charge in [0.25, 0.3) is 10.0 Å². The molecule has 34 heavy (non-hydrogen) atoms. The third-order valence-corrected chi connectivity index (χ3v) is 7.71. The number of fused-ring (bicyclic) bond motifs is 1. The number of esters is 1. The number of hydrogen-bond acceptors (Lipinski definition) is 7. The second kappa shape index (κ2) is 9.71. The summed E-state index contributed by atoms with van der Waals surface area (Å²) in [5.41, 5.74) is -0.0226. The number of hydrogen-bond donors (Lipinski definition) is 1. The van der Waals surface area contributed by atoms with Crippen LogP contribution >= 0.6 is 15.9 Å². The van der Waals surface area contributed by atoms with Gasteiger partial charge in [-0.2, -0.15) is 0 Å². The Labute approximate surface area is 206 Å². The van der Waals surface area contributed by atoms with E-state index >= 15 is 0 Å². The molecule has 1 heterocycles. The Bertz CT molecular complexity index is 1290. The summed E-state index contributed by atoms with van der Waals surface area (Å²) >= 11 is 3.27. The molecule has 0 spiro atoms.